The van der Waals surface area contributed by atoms with Crippen molar-refractivity contribution in [1.29, 1.82) is 0 Å². The Labute approximate surface area is 169 Å². The number of hydrogen-bond donors (Lipinski definition) is 1. The van der Waals surface area contributed by atoms with Crippen LogP contribution in [0.2, 0.25) is 5.02 Å². The summed E-state index contributed by atoms with van der Waals surface area (Å²) in [4.78, 5) is 27.3. The Morgan fingerprint density at radius 2 is 2.21 bits per heavy atom. The minimum absolute atomic E-state index is 0.0295. The van der Waals surface area contributed by atoms with E-state index in [1.807, 2.05) is 0 Å². The largest absolute Gasteiger partial charge is 0.496 e. The van der Waals surface area contributed by atoms with Crippen molar-refractivity contribution >= 4 is 23.4 Å². The molecule has 0 spiro atoms. The Kier molecular flexibility index (Phi) is 6.70. The highest BCUT2D eigenvalue weighted by Gasteiger charge is 2.29. The highest BCUT2D eigenvalue weighted by Crippen LogP contribution is 2.29. The van der Waals surface area contributed by atoms with Crippen molar-refractivity contribution in [2.45, 2.75) is 26.3 Å². The topological polar surface area (TPSA) is 84.5 Å². The molecule has 150 valence electrons. The maximum atomic E-state index is 13.1. The maximum Gasteiger partial charge on any atom is 0.356 e. The molecule has 1 aromatic carbocycles. The summed E-state index contributed by atoms with van der Waals surface area (Å²) in [6, 6.07) is 5.09. The Morgan fingerprint density at radius 3 is 2.96 bits per heavy atom. The zero-order valence-corrected chi connectivity index (χ0v) is 16.8. The van der Waals surface area contributed by atoms with Crippen LogP contribution < -0.4 is 4.74 Å². The van der Waals surface area contributed by atoms with E-state index >= 15 is 0 Å². The fourth-order valence-electron chi connectivity index (χ4n) is 3.56. The molecule has 0 saturated carbocycles. The van der Waals surface area contributed by atoms with E-state index in [0.717, 1.165) is 24.9 Å². The van der Waals surface area contributed by atoms with Crippen LogP contribution in [-0.4, -0.2) is 53.7 Å². The zero-order valence-electron chi connectivity index (χ0n) is 16.0. The van der Waals surface area contributed by atoms with E-state index in [1.165, 1.54) is 0 Å². The molecule has 0 radical (unpaired) electrons. The van der Waals surface area contributed by atoms with Gasteiger partial charge in [-0.1, -0.05) is 11.6 Å². The number of nitrogens with one attached hydrogen (secondary N) is 1. The van der Waals surface area contributed by atoms with Crippen molar-refractivity contribution in [3.05, 3.63) is 46.2 Å². The first-order chi connectivity index (χ1) is 13.5. The van der Waals surface area contributed by atoms with Crippen LogP contribution in [0.25, 0.3) is 0 Å². The minimum atomic E-state index is -0.414. The molecule has 1 N–H and O–H groups in total. The van der Waals surface area contributed by atoms with Gasteiger partial charge in [0, 0.05) is 29.6 Å². The summed E-state index contributed by atoms with van der Waals surface area (Å²) in [6.45, 7) is 4.05. The molecule has 2 heterocycles. The minimum Gasteiger partial charge on any atom is -0.496 e. The highest BCUT2D eigenvalue weighted by atomic mass is 35.5. The number of aromatic nitrogens is 2. The number of rotatable bonds is 7. The fraction of sp³-hybridized carbons (Fsp3) is 0.450. The number of nitrogens with zero attached hydrogens (tertiary/aromatic N) is 2. The molecule has 0 aliphatic carbocycles. The van der Waals surface area contributed by atoms with Gasteiger partial charge in [-0.3, -0.25) is 14.8 Å². The van der Waals surface area contributed by atoms with Gasteiger partial charge in [0.2, 0.25) is 0 Å². The molecule has 2 aromatic rings. The average Bonchev–Trinajstić information content (AvgIpc) is 3.16. The second kappa shape index (κ2) is 9.21. The number of esters is 1. The molecule has 7 nitrogen and oxygen atoms in total. The van der Waals surface area contributed by atoms with Crippen molar-refractivity contribution in [3.8, 4) is 5.75 Å². The molecule has 1 atom stereocenters. The van der Waals surface area contributed by atoms with E-state index in [4.69, 9.17) is 21.1 Å². The molecule has 1 fully saturated rings. The monoisotopic (exact) mass is 405 g/mol. The number of hydrogen-bond acceptors (Lipinski definition) is 6. The molecule has 0 bridgehead atoms. The van der Waals surface area contributed by atoms with Gasteiger partial charge in [-0.15, -0.1) is 0 Å². The number of carbonyl (C=O) groups excluding carboxylic acids is 2. The maximum absolute atomic E-state index is 13.1. The zero-order chi connectivity index (χ0) is 20.1. The van der Waals surface area contributed by atoms with Crippen LogP contribution in [0.15, 0.2) is 24.4 Å². The van der Waals surface area contributed by atoms with Crippen molar-refractivity contribution in [1.82, 2.24) is 15.1 Å². The van der Waals surface area contributed by atoms with Crippen LogP contribution in [0.5, 0.6) is 5.75 Å². The Bertz CT molecular complexity index is 852. The number of halogens is 1. The lowest BCUT2D eigenvalue weighted by Crippen LogP contribution is -2.38. The Hall–Kier alpha value is -2.38. The number of Topliss-reactive ketones (excluding diaryl/α,β-unsaturated/α-hetero) is 1. The van der Waals surface area contributed by atoms with Gasteiger partial charge in [-0.05, 0) is 44.5 Å². The summed E-state index contributed by atoms with van der Waals surface area (Å²) in [7, 11) is 1.54. The number of piperidine rings is 1. The number of carbonyl (C=O) groups is 2. The van der Waals surface area contributed by atoms with Gasteiger partial charge in [0.1, 0.15) is 11.4 Å². The lowest BCUT2D eigenvalue weighted by atomic mass is 9.89. The summed E-state index contributed by atoms with van der Waals surface area (Å²) < 4.78 is 10.4. The lowest BCUT2D eigenvalue weighted by molar-refractivity contribution is 0.0515. The first-order valence-corrected chi connectivity index (χ1v) is 9.70. The van der Waals surface area contributed by atoms with Gasteiger partial charge in [-0.25, -0.2) is 4.79 Å². The second-order valence-electron chi connectivity index (χ2n) is 6.77. The Morgan fingerprint density at radius 1 is 1.39 bits per heavy atom. The Balaban J connectivity index is 1.71. The number of methoxy groups -OCH3 is 1. The summed E-state index contributed by atoms with van der Waals surface area (Å²) in [5, 5.41) is 7.19. The molecule has 1 aromatic heterocycles. The smallest absolute Gasteiger partial charge is 0.356 e. The van der Waals surface area contributed by atoms with Gasteiger partial charge < -0.3 is 9.47 Å². The quantitative estimate of drug-likeness (QED) is 0.561. The fourth-order valence-corrected chi connectivity index (χ4v) is 3.73. The molecule has 3 rings (SSSR count). The molecule has 1 aliphatic rings. The predicted molar refractivity (Wildman–Crippen MR) is 105 cm³/mol. The lowest BCUT2D eigenvalue weighted by Gasteiger charge is -2.32. The molecular weight excluding hydrogens is 382 g/mol. The SMILES string of the molecule is CCOC(=O)c1[nH]ncc1CN1CCC[C@@H](C(=O)c2cc(Cl)ccc2OC)C1. The third-order valence-corrected chi connectivity index (χ3v) is 5.13. The van der Waals surface area contributed by atoms with Crippen LogP contribution in [0.1, 0.15) is 46.2 Å². The van der Waals surface area contributed by atoms with Gasteiger partial charge in [-0.2, -0.15) is 5.10 Å². The number of aromatic amines is 1. The number of benzene rings is 1. The summed E-state index contributed by atoms with van der Waals surface area (Å²) in [5.41, 5.74) is 1.65. The van der Waals surface area contributed by atoms with Crippen LogP contribution in [-0.2, 0) is 11.3 Å². The third kappa shape index (κ3) is 4.54. The first kappa shape index (κ1) is 20.4. The molecule has 8 heteroatoms. The van der Waals surface area contributed by atoms with E-state index in [2.05, 4.69) is 15.1 Å². The van der Waals surface area contributed by atoms with Gasteiger partial charge in [0.05, 0.1) is 25.5 Å². The summed E-state index contributed by atoms with van der Waals surface area (Å²) in [5.74, 6) is -0.00447. The molecule has 1 aliphatic heterocycles. The van der Waals surface area contributed by atoms with E-state index in [9.17, 15) is 9.59 Å². The molecule has 1 saturated heterocycles. The molecule has 0 amide bonds. The molecule has 0 unspecified atom stereocenters. The van der Waals surface area contributed by atoms with E-state index in [-0.39, 0.29) is 11.7 Å². The van der Waals surface area contributed by atoms with Crippen LogP contribution in [0.4, 0.5) is 0 Å². The number of H-pyrrole nitrogens is 1. The van der Waals surface area contributed by atoms with E-state index in [1.54, 1.807) is 38.4 Å². The number of likely N-dealkylation sites (tertiary alicyclic amines) is 1. The van der Waals surface area contributed by atoms with Crippen molar-refractivity contribution < 1.29 is 19.1 Å². The van der Waals surface area contributed by atoms with Crippen LogP contribution in [0, 0.1) is 5.92 Å². The highest BCUT2D eigenvalue weighted by molar-refractivity contribution is 6.31. The van der Waals surface area contributed by atoms with Gasteiger partial charge in [0.25, 0.3) is 0 Å². The van der Waals surface area contributed by atoms with E-state index < -0.39 is 5.97 Å². The predicted octanol–water partition coefficient (Wildman–Crippen LogP) is 3.34. The van der Waals surface area contributed by atoms with Crippen molar-refractivity contribution in [2.75, 3.05) is 26.8 Å². The molecular formula is C20H24ClN3O4. The van der Waals surface area contributed by atoms with Crippen molar-refractivity contribution in [2.24, 2.45) is 5.92 Å². The first-order valence-electron chi connectivity index (χ1n) is 9.33. The van der Waals surface area contributed by atoms with Gasteiger partial charge >= 0.3 is 5.97 Å². The standard InChI is InChI=1S/C20H24ClN3O4/c1-3-28-20(26)18-14(10-22-23-18)12-24-8-4-5-13(11-24)19(25)16-9-15(21)6-7-17(16)27-2/h6-7,9-10,13H,3-5,8,11-12H2,1-2H3,(H,22,23)/t13-/m1/s1. The normalized spacial score (nSPS) is 17.3. The molecule has 28 heavy (non-hydrogen) atoms. The summed E-state index contributed by atoms with van der Waals surface area (Å²) in [6.07, 6.45) is 3.34. The van der Waals surface area contributed by atoms with Crippen LogP contribution >= 0.6 is 11.6 Å². The second-order valence-corrected chi connectivity index (χ2v) is 7.21. The number of ether oxygens (including phenoxy) is 2. The van der Waals surface area contributed by atoms with E-state index in [0.29, 0.717) is 41.7 Å². The van der Waals surface area contributed by atoms with Gasteiger partial charge in [0.15, 0.2) is 5.78 Å². The average molecular weight is 406 g/mol. The van der Waals surface area contributed by atoms with Crippen molar-refractivity contribution in [3.63, 3.8) is 0 Å². The van der Waals surface area contributed by atoms with Crippen LogP contribution in [0.3, 0.4) is 0 Å². The summed E-state index contributed by atoms with van der Waals surface area (Å²) >= 11 is 6.08. The number of ketones is 1. The third-order valence-electron chi connectivity index (χ3n) is 4.89.